The molecule has 3 rings (SSSR count). The van der Waals surface area contributed by atoms with Gasteiger partial charge in [0.2, 0.25) is 0 Å². The van der Waals surface area contributed by atoms with Crippen LogP contribution in [0.2, 0.25) is 0 Å². The topological polar surface area (TPSA) is 54.1 Å². The van der Waals surface area contributed by atoms with Crippen LogP contribution in [0.25, 0.3) is 10.9 Å². The third-order valence-electron chi connectivity index (χ3n) is 3.96. The number of H-pyrrole nitrogens is 1. The molecule has 0 radical (unpaired) electrons. The first-order chi connectivity index (χ1) is 9.25. The Balaban J connectivity index is 1.97. The Hall–Kier alpha value is -1.65. The maximum absolute atomic E-state index is 12.8. The van der Waals surface area contributed by atoms with Crippen LogP contribution >= 0.6 is 0 Å². The van der Waals surface area contributed by atoms with Crippen molar-refractivity contribution in [2.24, 2.45) is 5.41 Å². The second-order valence-corrected chi connectivity index (χ2v) is 5.25. The first kappa shape index (κ1) is 12.4. The molecule has 2 aromatic rings. The summed E-state index contributed by atoms with van der Waals surface area (Å²) in [6, 6.07) is 7.81. The highest BCUT2D eigenvalue weighted by Gasteiger charge is 2.41. The molecule has 1 fully saturated rings. The zero-order chi connectivity index (χ0) is 13.3. The number of benzene rings is 1. The van der Waals surface area contributed by atoms with Gasteiger partial charge in [-0.1, -0.05) is 0 Å². The van der Waals surface area contributed by atoms with E-state index in [1.54, 1.807) is 7.11 Å². The molecule has 1 saturated heterocycles. The molecule has 100 valence electrons. The van der Waals surface area contributed by atoms with E-state index in [0.717, 1.165) is 29.4 Å². The van der Waals surface area contributed by atoms with Crippen LogP contribution in [-0.4, -0.2) is 37.6 Å². The molecule has 2 N–H and O–H groups in total. The number of rotatable bonds is 4. The molecule has 0 aliphatic carbocycles. The third-order valence-corrected chi connectivity index (χ3v) is 3.96. The summed E-state index contributed by atoms with van der Waals surface area (Å²) in [6.07, 6.45) is 2.73. The molecule has 0 amide bonds. The van der Waals surface area contributed by atoms with Gasteiger partial charge < -0.3 is 15.0 Å². The van der Waals surface area contributed by atoms with Crippen LogP contribution in [0.4, 0.5) is 0 Å². The summed E-state index contributed by atoms with van der Waals surface area (Å²) >= 11 is 0. The van der Waals surface area contributed by atoms with Gasteiger partial charge in [-0.05, 0) is 37.2 Å². The summed E-state index contributed by atoms with van der Waals surface area (Å²) in [5.41, 5.74) is 1.42. The Labute approximate surface area is 112 Å². The van der Waals surface area contributed by atoms with Crippen LogP contribution in [0.3, 0.4) is 0 Å². The first-order valence-corrected chi connectivity index (χ1v) is 6.57. The number of carbonyl (C=O) groups excluding carboxylic acids is 1. The fourth-order valence-corrected chi connectivity index (χ4v) is 2.90. The normalized spacial score (nSPS) is 23.0. The summed E-state index contributed by atoms with van der Waals surface area (Å²) in [4.78, 5) is 15.9. The van der Waals surface area contributed by atoms with Crippen molar-refractivity contribution in [2.75, 3.05) is 26.8 Å². The monoisotopic (exact) mass is 258 g/mol. The molecule has 4 heteroatoms. The van der Waals surface area contributed by atoms with E-state index >= 15 is 0 Å². The molecule has 2 heterocycles. The van der Waals surface area contributed by atoms with E-state index in [1.807, 2.05) is 30.5 Å². The molecule has 1 atom stereocenters. The van der Waals surface area contributed by atoms with E-state index in [4.69, 9.17) is 4.74 Å². The van der Waals surface area contributed by atoms with Gasteiger partial charge in [0, 0.05) is 36.3 Å². The standard InChI is InChI=1S/C15H18N2O2/c1-19-10-15(5-7-16-9-15)14(18)12-2-3-13-11(8-12)4-6-17-13/h2-4,6,8,16-17H,5,7,9-10H2,1H3. The lowest BCUT2D eigenvalue weighted by Gasteiger charge is -2.25. The minimum Gasteiger partial charge on any atom is -0.384 e. The van der Waals surface area contributed by atoms with Crippen molar-refractivity contribution in [1.82, 2.24) is 10.3 Å². The van der Waals surface area contributed by atoms with Gasteiger partial charge in [-0.25, -0.2) is 0 Å². The van der Waals surface area contributed by atoms with Crippen LogP contribution in [0, 0.1) is 5.41 Å². The fourth-order valence-electron chi connectivity index (χ4n) is 2.90. The number of hydrogen-bond donors (Lipinski definition) is 2. The predicted molar refractivity (Wildman–Crippen MR) is 74.4 cm³/mol. The van der Waals surface area contributed by atoms with E-state index in [1.165, 1.54) is 0 Å². The molecule has 1 aromatic carbocycles. The van der Waals surface area contributed by atoms with Crippen molar-refractivity contribution >= 4 is 16.7 Å². The van der Waals surface area contributed by atoms with Gasteiger partial charge in [0.25, 0.3) is 0 Å². The van der Waals surface area contributed by atoms with Gasteiger partial charge in [-0.2, -0.15) is 0 Å². The molecule has 0 saturated carbocycles. The fraction of sp³-hybridized carbons (Fsp3) is 0.400. The zero-order valence-electron chi connectivity index (χ0n) is 11.0. The van der Waals surface area contributed by atoms with Crippen molar-refractivity contribution in [1.29, 1.82) is 0 Å². The smallest absolute Gasteiger partial charge is 0.172 e. The number of hydrogen-bond acceptors (Lipinski definition) is 3. The van der Waals surface area contributed by atoms with Crippen molar-refractivity contribution in [3.63, 3.8) is 0 Å². The maximum atomic E-state index is 12.8. The van der Waals surface area contributed by atoms with Crippen LogP contribution in [-0.2, 0) is 4.74 Å². The van der Waals surface area contributed by atoms with E-state index in [2.05, 4.69) is 10.3 Å². The lowest BCUT2D eigenvalue weighted by molar-refractivity contribution is 0.0584. The lowest BCUT2D eigenvalue weighted by atomic mass is 9.80. The molecule has 1 aliphatic heterocycles. The number of fused-ring (bicyclic) bond motifs is 1. The summed E-state index contributed by atoms with van der Waals surface area (Å²) in [5.74, 6) is 0.183. The van der Waals surface area contributed by atoms with Gasteiger partial charge >= 0.3 is 0 Å². The van der Waals surface area contributed by atoms with E-state index in [0.29, 0.717) is 13.2 Å². The number of aromatic amines is 1. The van der Waals surface area contributed by atoms with Crippen LogP contribution in [0.1, 0.15) is 16.8 Å². The number of methoxy groups -OCH3 is 1. The molecule has 1 unspecified atom stereocenters. The van der Waals surface area contributed by atoms with Crippen molar-refractivity contribution in [2.45, 2.75) is 6.42 Å². The Kier molecular flexibility index (Phi) is 3.12. The molecule has 4 nitrogen and oxygen atoms in total. The van der Waals surface area contributed by atoms with Gasteiger partial charge in [-0.15, -0.1) is 0 Å². The van der Waals surface area contributed by atoms with Crippen molar-refractivity contribution < 1.29 is 9.53 Å². The summed E-state index contributed by atoms with van der Waals surface area (Å²) in [6.45, 7) is 2.05. The van der Waals surface area contributed by atoms with E-state index < -0.39 is 5.41 Å². The predicted octanol–water partition coefficient (Wildman–Crippen LogP) is 1.98. The van der Waals surface area contributed by atoms with Gasteiger partial charge in [0.1, 0.15) is 0 Å². The highest BCUT2D eigenvalue weighted by atomic mass is 16.5. The minimum absolute atomic E-state index is 0.183. The maximum Gasteiger partial charge on any atom is 0.172 e. The number of carbonyl (C=O) groups is 1. The molecular formula is C15H18N2O2. The van der Waals surface area contributed by atoms with Gasteiger partial charge in [0.15, 0.2) is 5.78 Å². The average Bonchev–Trinajstić information content (AvgIpc) is 3.06. The molecule has 0 spiro atoms. The number of ether oxygens (including phenoxy) is 1. The minimum atomic E-state index is -0.404. The van der Waals surface area contributed by atoms with E-state index in [-0.39, 0.29) is 5.78 Å². The van der Waals surface area contributed by atoms with Crippen LogP contribution in [0.15, 0.2) is 30.5 Å². The third kappa shape index (κ3) is 2.07. The Bertz CT molecular complexity index is 597. The van der Waals surface area contributed by atoms with Crippen LogP contribution in [0.5, 0.6) is 0 Å². The van der Waals surface area contributed by atoms with Gasteiger partial charge in [0.05, 0.1) is 12.0 Å². The zero-order valence-corrected chi connectivity index (χ0v) is 11.0. The van der Waals surface area contributed by atoms with Crippen LogP contribution < -0.4 is 5.32 Å². The molecule has 1 aliphatic rings. The Morgan fingerprint density at radius 1 is 1.42 bits per heavy atom. The van der Waals surface area contributed by atoms with Crippen molar-refractivity contribution in [3.05, 3.63) is 36.0 Å². The summed E-state index contributed by atoms with van der Waals surface area (Å²) in [5, 5.41) is 4.35. The second-order valence-electron chi connectivity index (χ2n) is 5.25. The quantitative estimate of drug-likeness (QED) is 0.824. The molecular weight excluding hydrogens is 240 g/mol. The van der Waals surface area contributed by atoms with E-state index in [9.17, 15) is 4.79 Å². The van der Waals surface area contributed by atoms with Gasteiger partial charge in [-0.3, -0.25) is 4.79 Å². The van der Waals surface area contributed by atoms with Crippen molar-refractivity contribution in [3.8, 4) is 0 Å². The molecule has 1 aromatic heterocycles. The highest BCUT2D eigenvalue weighted by Crippen LogP contribution is 2.31. The average molecular weight is 258 g/mol. The summed E-state index contributed by atoms with van der Waals surface area (Å²) < 4.78 is 5.28. The largest absolute Gasteiger partial charge is 0.384 e. The SMILES string of the molecule is COCC1(C(=O)c2ccc3[nH]ccc3c2)CCNC1. The number of ketones is 1. The molecule has 0 bridgehead atoms. The molecule has 19 heavy (non-hydrogen) atoms. The Morgan fingerprint density at radius 2 is 2.32 bits per heavy atom. The second kappa shape index (κ2) is 4.79. The Morgan fingerprint density at radius 3 is 3.05 bits per heavy atom. The number of nitrogens with one attached hydrogen (secondary N) is 2. The summed E-state index contributed by atoms with van der Waals surface area (Å²) in [7, 11) is 1.66. The number of Topliss-reactive ketones (excluding diaryl/α,β-unsaturated/α-hetero) is 1. The lowest BCUT2D eigenvalue weighted by Crippen LogP contribution is -2.37. The number of aromatic nitrogens is 1. The first-order valence-electron chi connectivity index (χ1n) is 6.57. The highest BCUT2D eigenvalue weighted by molar-refractivity contribution is 6.03.